The Morgan fingerprint density at radius 1 is 1.86 bits per heavy atom. The second kappa shape index (κ2) is 2.64. The topological polar surface area (TPSA) is 21.3 Å². The molecule has 0 bridgehead atoms. The molecular weight excluding hydrogens is 90.1 g/mol. The fraction of sp³-hybridized carbons (Fsp3) is 0.600. The molecule has 0 radical (unpaired) electrons. The minimum Gasteiger partial charge on any atom is -0.277 e. The summed E-state index contributed by atoms with van der Waals surface area (Å²) in [5, 5.41) is 0. The molecule has 0 amide bonds. The maximum atomic E-state index is 6.94. The van der Waals surface area contributed by atoms with E-state index in [1.54, 1.807) is 6.20 Å². The number of hydroxylamine groups is 1. The molecule has 0 aromatic carbocycles. The van der Waals surface area contributed by atoms with E-state index in [1.165, 1.54) is 0 Å². The van der Waals surface area contributed by atoms with Crippen molar-refractivity contribution in [1.82, 2.24) is 5.47 Å². The Kier molecular flexibility index (Phi) is 1.32. The quantitative estimate of drug-likeness (QED) is 0.486. The smallest absolute Gasteiger partial charge is 0.195 e. The summed E-state index contributed by atoms with van der Waals surface area (Å²) in [6.07, 6.45) is 5.59. The molecule has 1 aliphatic rings. The molecule has 1 rings (SSSR count). The van der Waals surface area contributed by atoms with Crippen molar-refractivity contribution in [3.63, 3.8) is 0 Å². The Bertz CT molecular complexity index is 94.4. The van der Waals surface area contributed by atoms with Crippen LogP contribution in [0.1, 0.15) is 12.8 Å². The molecule has 0 saturated heterocycles. The van der Waals surface area contributed by atoms with Crippen molar-refractivity contribution in [3.8, 4) is 0 Å². The van der Waals surface area contributed by atoms with Crippen LogP contribution in [-0.2, 0) is 4.84 Å². The number of rotatable bonds is 0. The molecule has 0 atom stereocenters. The normalized spacial score (nSPS) is 24.0. The van der Waals surface area contributed by atoms with Crippen LogP contribution in [0.15, 0.2) is 12.3 Å². The summed E-state index contributed by atoms with van der Waals surface area (Å²) in [5.74, 6) is 0. The molecule has 0 aromatic rings. The summed E-state index contributed by atoms with van der Waals surface area (Å²) in [7, 11) is 0. The minimum absolute atomic E-state index is 0.663. The van der Waals surface area contributed by atoms with Gasteiger partial charge in [0.15, 0.2) is 1.41 Å². The highest BCUT2D eigenvalue weighted by atomic mass is 16.6. The van der Waals surface area contributed by atoms with Gasteiger partial charge in [-0.2, -0.15) is 0 Å². The molecule has 2 heteroatoms. The first-order valence-electron chi connectivity index (χ1n) is 2.92. The second-order valence-corrected chi connectivity index (χ2v) is 1.47. The summed E-state index contributed by atoms with van der Waals surface area (Å²) >= 11 is 0. The van der Waals surface area contributed by atoms with Gasteiger partial charge in [0.05, 0.1) is 6.61 Å². The monoisotopic (exact) mass is 100 g/mol. The van der Waals surface area contributed by atoms with E-state index in [2.05, 4.69) is 0 Å². The molecule has 0 aliphatic carbocycles. The average Bonchev–Trinajstić information content (AvgIpc) is 1.94. The zero-order valence-electron chi connectivity index (χ0n) is 5.13. The van der Waals surface area contributed by atoms with Gasteiger partial charge in [-0.3, -0.25) is 10.3 Å². The van der Waals surface area contributed by atoms with Crippen molar-refractivity contribution in [3.05, 3.63) is 12.3 Å². The predicted molar refractivity (Wildman–Crippen MR) is 27.5 cm³/mol. The van der Waals surface area contributed by atoms with Crippen LogP contribution in [0.25, 0.3) is 0 Å². The standard InChI is InChI=1S/C5H9NO/c1-2-4-6-7-5-3-1/h2,4,6H,1,3,5H2/i/hD. The van der Waals surface area contributed by atoms with Crippen molar-refractivity contribution in [1.29, 1.82) is 0 Å². The first-order valence-corrected chi connectivity index (χ1v) is 2.47. The molecule has 7 heavy (non-hydrogen) atoms. The number of allylic oxidation sites excluding steroid dienone is 1. The average molecular weight is 100 g/mol. The first kappa shape index (κ1) is 3.50. The molecule has 0 saturated carbocycles. The Hall–Kier alpha value is -0.500. The highest BCUT2D eigenvalue weighted by Gasteiger charge is 1.86. The van der Waals surface area contributed by atoms with Crippen LogP contribution in [0.5, 0.6) is 0 Å². The SMILES string of the molecule is [2H]N1C=CCCCO1. The van der Waals surface area contributed by atoms with Crippen LogP contribution in [0.3, 0.4) is 0 Å². The lowest BCUT2D eigenvalue weighted by Crippen LogP contribution is -2.04. The lowest BCUT2D eigenvalue weighted by molar-refractivity contribution is 0.0745. The van der Waals surface area contributed by atoms with Gasteiger partial charge in [0, 0.05) is 6.20 Å². The van der Waals surface area contributed by atoms with Crippen molar-refractivity contribution < 1.29 is 6.25 Å². The molecule has 1 N–H and O–H groups in total. The van der Waals surface area contributed by atoms with Gasteiger partial charge >= 0.3 is 0 Å². The second-order valence-electron chi connectivity index (χ2n) is 1.47. The first-order chi connectivity index (χ1) is 3.89. The maximum absolute atomic E-state index is 6.94. The van der Waals surface area contributed by atoms with Gasteiger partial charge in [-0.15, -0.1) is 0 Å². The molecule has 40 valence electrons. The summed E-state index contributed by atoms with van der Waals surface area (Å²) in [6, 6.07) is 0. The minimum atomic E-state index is 0.663. The number of hydrogen-bond donors (Lipinski definition) is 1. The van der Waals surface area contributed by atoms with E-state index in [1.807, 2.05) is 6.08 Å². The number of nitrogens with one attached hydrogen (secondary N) is 1. The van der Waals surface area contributed by atoms with Gasteiger partial charge in [0.2, 0.25) is 0 Å². The lowest BCUT2D eigenvalue weighted by atomic mass is 10.3. The highest BCUT2D eigenvalue weighted by molar-refractivity contribution is 4.77. The van der Waals surface area contributed by atoms with E-state index < -0.39 is 0 Å². The Morgan fingerprint density at radius 3 is 3.86 bits per heavy atom. The van der Waals surface area contributed by atoms with Crippen molar-refractivity contribution in [2.75, 3.05) is 6.61 Å². The van der Waals surface area contributed by atoms with E-state index in [0.717, 1.165) is 18.3 Å². The highest BCUT2D eigenvalue weighted by Crippen LogP contribution is 1.92. The fourth-order valence-electron chi connectivity index (χ4n) is 0.479. The predicted octanol–water partition coefficient (Wildman–Crippen LogP) is 0.815. The molecular formula is C5H9NO. The van der Waals surface area contributed by atoms with Crippen LogP contribution in [0.4, 0.5) is 0 Å². The third-order valence-electron chi connectivity index (χ3n) is 0.847. The molecule has 0 aromatic heterocycles. The van der Waals surface area contributed by atoms with Gasteiger partial charge in [0.1, 0.15) is 0 Å². The van der Waals surface area contributed by atoms with E-state index in [4.69, 9.17) is 6.25 Å². The molecule has 1 aliphatic heterocycles. The zero-order valence-corrected chi connectivity index (χ0v) is 4.13. The summed E-state index contributed by atoms with van der Waals surface area (Å²) in [4.78, 5) is 4.82. The fourth-order valence-corrected chi connectivity index (χ4v) is 0.479. The van der Waals surface area contributed by atoms with Gasteiger partial charge in [0.25, 0.3) is 0 Å². The Balaban J connectivity index is 2.33. The molecule has 0 spiro atoms. The number of hydrogen-bond acceptors (Lipinski definition) is 2. The van der Waals surface area contributed by atoms with E-state index in [9.17, 15) is 0 Å². The van der Waals surface area contributed by atoms with Gasteiger partial charge in [-0.1, -0.05) is 6.08 Å². The summed E-state index contributed by atoms with van der Waals surface area (Å²) in [5.41, 5.74) is 0.993. The van der Waals surface area contributed by atoms with Crippen LogP contribution in [-0.4, -0.2) is 6.61 Å². The molecule has 0 fully saturated rings. The maximum Gasteiger partial charge on any atom is 0.195 e. The van der Waals surface area contributed by atoms with Crippen molar-refractivity contribution >= 4 is 0 Å². The van der Waals surface area contributed by atoms with E-state index in [0.29, 0.717) is 6.61 Å². The molecule has 0 unspecified atom stereocenters. The third kappa shape index (κ3) is 1.59. The largest absolute Gasteiger partial charge is 0.277 e. The zero-order chi connectivity index (χ0) is 5.82. The third-order valence-corrected chi connectivity index (χ3v) is 0.847. The Labute approximate surface area is 44.6 Å². The van der Waals surface area contributed by atoms with Gasteiger partial charge in [-0.25, -0.2) is 0 Å². The van der Waals surface area contributed by atoms with Gasteiger partial charge in [-0.05, 0) is 12.8 Å². The van der Waals surface area contributed by atoms with Crippen LogP contribution in [0.2, 0.25) is 1.41 Å². The Morgan fingerprint density at radius 2 is 2.86 bits per heavy atom. The van der Waals surface area contributed by atoms with E-state index >= 15 is 0 Å². The molecule has 2 nitrogen and oxygen atoms in total. The van der Waals surface area contributed by atoms with Crippen molar-refractivity contribution in [2.24, 2.45) is 0 Å². The summed E-state index contributed by atoms with van der Waals surface area (Å²) in [6.45, 7) is 0.663. The van der Waals surface area contributed by atoms with Crippen LogP contribution >= 0.6 is 0 Å². The van der Waals surface area contributed by atoms with Crippen molar-refractivity contribution in [2.45, 2.75) is 12.8 Å². The lowest BCUT2D eigenvalue weighted by Gasteiger charge is -1.93. The summed E-state index contributed by atoms with van der Waals surface area (Å²) < 4.78 is 6.94. The molecule has 1 heterocycles. The van der Waals surface area contributed by atoms with Crippen LogP contribution < -0.4 is 5.47 Å². The van der Waals surface area contributed by atoms with Crippen LogP contribution in [0, 0.1) is 0 Å². The van der Waals surface area contributed by atoms with E-state index in [-0.39, 0.29) is 0 Å². The van der Waals surface area contributed by atoms with Gasteiger partial charge < -0.3 is 0 Å².